The largest absolute Gasteiger partial charge is 0.280 e. The molecule has 1 unspecified atom stereocenters. The highest BCUT2D eigenvalue weighted by molar-refractivity contribution is 8.01. The minimum absolute atomic E-state index is 0.178. The molecule has 1 aromatic heterocycles. The minimum Gasteiger partial charge on any atom is -0.280 e. The van der Waals surface area contributed by atoms with E-state index in [2.05, 4.69) is 4.98 Å². The van der Waals surface area contributed by atoms with Gasteiger partial charge in [-0.25, -0.2) is 8.42 Å². The summed E-state index contributed by atoms with van der Waals surface area (Å²) < 4.78 is 24.2. The van der Waals surface area contributed by atoms with Gasteiger partial charge < -0.3 is 0 Å². The first-order valence-corrected chi connectivity index (χ1v) is 9.41. The van der Waals surface area contributed by atoms with Crippen molar-refractivity contribution in [2.45, 2.75) is 18.8 Å². The summed E-state index contributed by atoms with van der Waals surface area (Å²) in [4.78, 5) is 6.24. The molecule has 1 aromatic rings. The van der Waals surface area contributed by atoms with Crippen LogP contribution in [0.4, 0.5) is 0 Å². The Kier molecular flexibility index (Phi) is 5.11. The van der Waals surface area contributed by atoms with Gasteiger partial charge in [0.1, 0.15) is 5.37 Å². The second-order valence-corrected chi connectivity index (χ2v) is 8.45. The zero-order chi connectivity index (χ0) is 13.9. The molecule has 0 radical (unpaired) electrons. The Hall–Kier alpha value is -0.300. The van der Waals surface area contributed by atoms with Crippen molar-refractivity contribution in [2.24, 2.45) is 0 Å². The topological polar surface area (TPSA) is 50.3 Å². The molecule has 7 heteroatoms. The van der Waals surface area contributed by atoms with Gasteiger partial charge in [0.15, 0.2) is 9.84 Å². The van der Waals surface area contributed by atoms with Crippen LogP contribution in [0.15, 0.2) is 18.3 Å². The first kappa shape index (κ1) is 15.1. The lowest BCUT2D eigenvalue weighted by Gasteiger charge is -2.34. The molecular weight excluding hydrogens is 304 g/mol. The third-order valence-corrected chi connectivity index (χ3v) is 6.72. The molecular formula is C12H17ClN2O2S2. The third kappa shape index (κ3) is 3.84. The molecule has 0 bridgehead atoms. The highest BCUT2D eigenvalue weighted by Crippen LogP contribution is 2.23. The number of hydrogen-bond donors (Lipinski definition) is 0. The zero-order valence-electron chi connectivity index (χ0n) is 10.8. The Labute approximate surface area is 123 Å². The molecule has 0 saturated carbocycles. The van der Waals surface area contributed by atoms with Crippen LogP contribution in [0.1, 0.15) is 12.6 Å². The lowest BCUT2D eigenvalue weighted by molar-refractivity contribution is 0.258. The highest BCUT2D eigenvalue weighted by atomic mass is 35.5. The quantitative estimate of drug-likeness (QED) is 0.849. The maximum atomic E-state index is 12.1. The number of halogens is 1. The SMILES string of the molecule is CCS(=O)(=O)C1CSCCN1Cc1cc(Cl)ccn1. The molecule has 1 fully saturated rings. The summed E-state index contributed by atoms with van der Waals surface area (Å²) in [7, 11) is -3.06. The van der Waals surface area contributed by atoms with E-state index in [0.717, 1.165) is 18.0 Å². The Morgan fingerprint density at radius 2 is 2.37 bits per heavy atom. The van der Waals surface area contributed by atoms with Crippen molar-refractivity contribution in [1.29, 1.82) is 0 Å². The van der Waals surface area contributed by atoms with Gasteiger partial charge in [-0.05, 0) is 12.1 Å². The normalized spacial score (nSPS) is 21.5. The van der Waals surface area contributed by atoms with Gasteiger partial charge >= 0.3 is 0 Å². The van der Waals surface area contributed by atoms with Crippen LogP contribution in [0.2, 0.25) is 5.02 Å². The van der Waals surface area contributed by atoms with Gasteiger partial charge in [-0.2, -0.15) is 11.8 Å². The van der Waals surface area contributed by atoms with Crippen molar-refractivity contribution in [3.05, 3.63) is 29.0 Å². The van der Waals surface area contributed by atoms with Crippen molar-refractivity contribution in [3.63, 3.8) is 0 Å². The van der Waals surface area contributed by atoms with Crippen LogP contribution >= 0.6 is 23.4 Å². The van der Waals surface area contributed by atoms with Crippen molar-refractivity contribution in [2.75, 3.05) is 23.8 Å². The number of pyridine rings is 1. The summed E-state index contributed by atoms with van der Waals surface area (Å²) in [6, 6.07) is 3.51. The molecule has 2 rings (SSSR count). The number of rotatable bonds is 4. The summed E-state index contributed by atoms with van der Waals surface area (Å²) in [6.07, 6.45) is 1.65. The third-order valence-electron chi connectivity index (χ3n) is 3.15. The van der Waals surface area contributed by atoms with E-state index in [-0.39, 0.29) is 5.75 Å². The first-order valence-electron chi connectivity index (χ1n) is 6.16. The number of sulfone groups is 1. The molecule has 1 saturated heterocycles. The average molecular weight is 321 g/mol. The fourth-order valence-electron chi connectivity index (χ4n) is 2.06. The fourth-order valence-corrected chi connectivity index (χ4v) is 5.32. The van der Waals surface area contributed by atoms with Crippen LogP contribution in [0, 0.1) is 0 Å². The molecule has 4 nitrogen and oxygen atoms in total. The standard InChI is InChI=1S/C12H17ClN2O2S2/c1-2-19(16,17)12-9-18-6-5-15(12)8-11-7-10(13)3-4-14-11/h3-4,7,12H,2,5-6,8-9H2,1H3. The molecule has 1 aliphatic heterocycles. The van der Waals surface area contributed by atoms with E-state index in [1.807, 2.05) is 4.90 Å². The molecule has 1 aliphatic rings. The highest BCUT2D eigenvalue weighted by Gasteiger charge is 2.32. The second kappa shape index (κ2) is 6.43. The molecule has 0 N–H and O–H groups in total. The summed E-state index contributed by atoms with van der Waals surface area (Å²) in [6.45, 7) is 3.00. The van der Waals surface area contributed by atoms with Gasteiger partial charge in [-0.15, -0.1) is 0 Å². The van der Waals surface area contributed by atoms with E-state index in [9.17, 15) is 8.42 Å². The molecule has 1 atom stereocenters. The Balaban J connectivity index is 2.17. The lowest BCUT2D eigenvalue weighted by atomic mass is 10.3. The van der Waals surface area contributed by atoms with Gasteiger partial charge in [0.25, 0.3) is 0 Å². The lowest BCUT2D eigenvalue weighted by Crippen LogP contribution is -2.47. The van der Waals surface area contributed by atoms with E-state index in [1.54, 1.807) is 37.0 Å². The molecule has 2 heterocycles. The smallest absolute Gasteiger partial charge is 0.166 e. The first-order chi connectivity index (χ1) is 9.03. The van der Waals surface area contributed by atoms with E-state index >= 15 is 0 Å². The molecule has 19 heavy (non-hydrogen) atoms. The number of thioether (sulfide) groups is 1. The summed E-state index contributed by atoms with van der Waals surface area (Å²) in [5.74, 6) is 1.77. The van der Waals surface area contributed by atoms with Crippen LogP contribution in [0.5, 0.6) is 0 Å². The summed E-state index contributed by atoms with van der Waals surface area (Å²) in [5.41, 5.74) is 0.815. The van der Waals surface area contributed by atoms with E-state index < -0.39 is 15.2 Å². The average Bonchev–Trinajstić information content (AvgIpc) is 2.39. The van der Waals surface area contributed by atoms with E-state index in [4.69, 9.17) is 11.6 Å². The molecule has 0 aliphatic carbocycles. The van der Waals surface area contributed by atoms with Crippen molar-refractivity contribution < 1.29 is 8.42 Å². The van der Waals surface area contributed by atoms with Gasteiger partial charge in [-0.3, -0.25) is 9.88 Å². The Morgan fingerprint density at radius 3 is 3.05 bits per heavy atom. The van der Waals surface area contributed by atoms with E-state index in [1.165, 1.54) is 0 Å². The minimum atomic E-state index is -3.06. The van der Waals surface area contributed by atoms with Crippen LogP contribution in [0.3, 0.4) is 0 Å². The monoisotopic (exact) mass is 320 g/mol. The van der Waals surface area contributed by atoms with Gasteiger partial charge in [0, 0.05) is 41.6 Å². The Bertz CT molecular complexity index is 536. The zero-order valence-corrected chi connectivity index (χ0v) is 13.1. The van der Waals surface area contributed by atoms with Gasteiger partial charge in [-0.1, -0.05) is 18.5 Å². The molecule has 0 amide bonds. The van der Waals surface area contributed by atoms with Crippen LogP contribution in [-0.2, 0) is 16.4 Å². The molecule has 0 spiro atoms. The van der Waals surface area contributed by atoms with Crippen molar-refractivity contribution in [1.82, 2.24) is 9.88 Å². The van der Waals surface area contributed by atoms with Crippen LogP contribution < -0.4 is 0 Å². The van der Waals surface area contributed by atoms with Crippen LogP contribution in [-0.4, -0.2) is 47.5 Å². The van der Waals surface area contributed by atoms with Crippen molar-refractivity contribution in [3.8, 4) is 0 Å². The maximum absolute atomic E-state index is 12.1. The maximum Gasteiger partial charge on any atom is 0.166 e. The van der Waals surface area contributed by atoms with Crippen molar-refractivity contribution >= 4 is 33.2 Å². The number of hydrogen-bond acceptors (Lipinski definition) is 5. The molecule has 0 aromatic carbocycles. The molecule has 106 valence electrons. The van der Waals surface area contributed by atoms with Gasteiger partial charge in [0.05, 0.1) is 5.69 Å². The number of nitrogens with zero attached hydrogens (tertiary/aromatic N) is 2. The summed E-state index contributed by atoms with van der Waals surface area (Å²) in [5, 5.41) is 0.225. The second-order valence-electron chi connectivity index (χ2n) is 4.42. The van der Waals surface area contributed by atoms with E-state index in [0.29, 0.717) is 17.3 Å². The van der Waals surface area contributed by atoms with Gasteiger partial charge in [0.2, 0.25) is 0 Å². The predicted octanol–water partition coefficient (Wildman–Crippen LogP) is 2.04. The Morgan fingerprint density at radius 1 is 1.58 bits per heavy atom. The summed E-state index contributed by atoms with van der Waals surface area (Å²) >= 11 is 7.63. The predicted molar refractivity (Wildman–Crippen MR) is 80.2 cm³/mol. The fraction of sp³-hybridized carbons (Fsp3) is 0.583. The van der Waals surface area contributed by atoms with Crippen LogP contribution in [0.25, 0.3) is 0 Å². The number of aromatic nitrogens is 1.